The summed E-state index contributed by atoms with van der Waals surface area (Å²) in [5, 5.41) is 24.3. The van der Waals surface area contributed by atoms with E-state index in [0.717, 1.165) is 0 Å². The van der Waals surface area contributed by atoms with E-state index >= 15 is 0 Å². The molecule has 1 heterocycles. The number of carboxylic acid groups (broad SMARTS) is 2. The summed E-state index contributed by atoms with van der Waals surface area (Å²) in [5.74, 6) is -3.17. The Kier molecular flexibility index (Phi) is 9.95. The minimum atomic E-state index is -1.22. The van der Waals surface area contributed by atoms with Crippen LogP contribution in [0.25, 0.3) is 11.5 Å². The van der Waals surface area contributed by atoms with Gasteiger partial charge in [0.25, 0.3) is 11.8 Å². The molecule has 0 spiro atoms. The number of carbonyl (C=O) groups is 4. The summed E-state index contributed by atoms with van der Waals surface area (Å²) in [6.07, 6.45) is 2.59. The first-order valence-corrected chi connectivity index (χ1v) is 13.5. The van der Waals surface area contributed by atoms with Crippen LogP contribution in [0.1, 0.15) is 48.8 Å². The Hall–Kier alpha value is -4.67. The number of rotatable bonds is 12. The van der Waals surface area contributed by atoms with Gasteiger partial charge in [-0.1, -0.05) is 53.5 Å². The number of benzene rings is 3. The second-order valence-electron chi connectivity index (χ2n) is 9.22. The van der Waals surface area contributed by atoms with Crippen LogP contribution < -0.4 is 10.6 Å². The highest BCUT2D eigenvalue weighted by atomic mass is 35.5. The third-order valence-corrected chi connectivity index (χ3v) is 6.91. The highest BCUT2D eigenvalue weighted by molar-refractivity contribution is 6.39. The van der Waals surface area contributed by atoms with Gasteiger partial charge in [-0.2, -0.15) is 0 Å². The molecule has 1 aromatic heterocycles. The van der Waals surface area contributed by atoms with E-state index in [1.165, 1.54) is 30.5 Å². The number of aliphatic carboxylic acids is 1. The molecule has 4 N–H and O–H groups in total. The number of nitrogens with one attached hydrogen (secondary N) is 2. The summed E-state index contributed by atoms with van der Waals surface area (Å²) in [6.45, 7) is 0.313. The molecule has 0 bridgehead atoms. The molecule has 42 heavy (non-hydrogen) atoms. The van der Waals surface area contributed by atoms with Crippen LogP contribution in [0.5, 0.6) is 0 Å². The fourth-order valence-electron chi connectivity index (χ4n) is 4.15. The number of amides is 2. The number of oxazole rings is 1. The minimum Gasteiger partial charge on any atom is -0.480 e. The van der Waals surface area contributed by atoms with Crippen LogP contribution >= 0.6 is 23.2 Å². The van der Waals surface area contributed by atoms with Gasteiger partial charge in [0, 0.05) is 18.5 Å². The largest absolute Gasteiger partial charge is 0.480 e. The van der Waals surface area contributed by atoms with Crippen molar-refractivity contribution in [2.75, 3.05) is 6.54 Å². The molecule has 10 nitrogen and oxygen atoms in total. The Labute approximate surface area is 250 Å². The highest BCUT2D eigenvalue weighted by Gasteiger charge is 2.24. The van der Waals surface area contributed by atoms with Crippen LogP contribution in [0.15, 0.2) is 77.4 Å². The first-order valence-electron chi connectivity index (χ1n) is 12.8. The second kappa shape index (κ2) is 13.8. The third-order valence-electron chi connectivity index (χ3n) is 6.28. The number of nitrogens with zero attached hydrogens (tertiary/aromatic N) is 1. The zero-order valence-corrected chi connectivity index (χ0v) is 23.5. The summed E-state index contributed by atoms with van der Waals surface area (Å²) in [4.78, 5) is 52.7. The van der Waals surface area contributed by atoms with Crippen LogP contribution in [0, 0.1) is 0 Å². The first kappa shape index (κ1) is 30.3. The molecule has 0 saturated heterocycles. The predicted molar refractivity (Wildman–Crippen MR) is 155 cm³/mol. The third kappa shape index (κ3) is 7.54. The fourth-order valence-corrected chi connectivity index (χ4v) is 4.72. The Bertz CT molecular complexity index is 1600. The second-order valence-corrected chi connectivity index (χ2v) is 10.0. The van der Waals surface area contributed by atoms with Crippen LogP contribution in [-0.2, 0) is 17.6 Å². The minimum absolute atomic E-state index is 0.00743. The van der Waals surface area contributed by atoms with Crippen molar-refractivity contribution in [1.29, 1.82) is 0 Å². The smallest absolute Gasteiger partial charge is 0.336 e. The maximum atomic E-state index is 12.7. The average Bonchev–Trinajstić information content (AvgIpc) is 3.44. The monoisotopic (exact) mass is 609 g/mol. The summed E-state index contributed by atoms with van der Waals surface area (Å²) in [6, 6.07) is 16.2. The van der Waals surface area contributed by atoms with Gasteiger partial charge >= 0.3 is 11.9 Å². The maximum absolute atomic E-state index is 12.7. The highest BCUT2D eigenvalue weighted by Crippen LogP contribution is 2.25. The Balaban J connectivity index is 1.31. The van der Waals surface area contributed by atoms with Crippen molar-refractivity contribution >= 4 is 47.0 Å². The molecule has 0 aliphatic rings. The predicted octanol–water partition coefficient (Wildman–Crippen LogP) is 5.13. The molecule has 4 rings (SSSR count). The van der Waals surface area contributed by atoms with E-state index in [1.54, 1.807) is 42.5 Å². The Morgan fingerprint density at radius 3 is 2.17 bits per heavy atom. The van der Waals surface area contributed by atoms with E-state index in [2.05, 4.69) is 15.6 Å². The van der Waals surface area contributed by atoms with E-state index in [0.29, 0.717) is 42.1 Å². The number of carbonyl (C=O) groups excluding carboxylic acids is 2. The molecule has 0 fully saturated rings. The van der Waals surface area contributed by atoms with Crippen LogP contribution in [0.3, 0.4) is 0 Å². The molecule has 4 aromatic rings. The Morgan fingerprint density at radius 2 is 1.52 bits per heavy atom. The summed E-state index contributed by atoms with van der Waals surface area (Å²) < 4.78 is 5.58. The van der Waals surface area contributed by atoms with Gasteiger partial charge in [0.1, 0.15) is 12.3 Å². The molecular weight excluding hydrogens is 585 g/mol. The molecule has 1 atom stereocenters. The molecule has 12 heteroatoms. The summed E-state index contributed by atoms with van der Waals surface area (Å²) in [7, 11) is 0. The SMILES string of the molecule is O=C(O)c1ccccc1C(=O)NCCCc1coc(-c2ccc(C[C@H](NC(=O)c3c(Cl)cccc3Cl)C(=O)O)cc2)n1. The topological polar surface area (TPSA) is 159 Å². The van der Waals surface area contributed by atoms with Gasteiger partial charge < -0.3 is 25.3 Å². The van der Waals surface area contributed by atoms with Gasteiger partial charge in [0.05, 0.1) is 32.4 Å². The van der Waals surface area contributed by atoms with E-state index in [-0.39, 0.29) is 33.2 Å². The Morgan fingerprint density at radius 1 is 0.857 bits per heavy atom. The van der Waals surface area contributed by atoms with Gasteiger partial charge in [-0.25, -0.2) is 14.6 Å². The molecule has 0 aliphatic carbocycles. The molecule has 0 saturated carbocycles. The zero-order valence-electron chi connectivity index (χ0n) is 22.0. The lowest BCUT2D eigenvalue weighted by Crippen LogP contribution is -2.42. The van der Waals surface area contributed by atoms with E-state index < -0.39 is 29.8 Å². The van der Waals surface area contributed by atoms with Gasteiger partial charge in [-0.3, -0.25) is 9.59 Å². The molecule has 3 aromatic carbocycles. The van der Waals surface area contributed by atoms with E-state index in [9.17, 15) is 29.4 Å². The van der Waals surface area contributed by atoms with Crippen LogP contribution in [-0.4, -0.2) is 51.5 Å². The van der Waals surface area contributed by atoms with Crippen LogP contribution in [0.4, 0.5) is 0 Å². The molecule has 0 aliphatic heterocycles. The first-order chi connectivity index (χ1) is 20.1. The zero-order chi connectivity index (χ0) is 30.2. The summed E-state index contributed by atoms with van der Waals surface area (Å²) in [5.41, 5.74) is 2.03. The molecular formula is C30H25Cl2N3O7. The van der Waals surface area contributed by atoms with Crippen molar-refractivity contribution < 1.29 is 33.8 Å². The van der Waals surface area contributed by atoms with Crippen molar-refractivity contribution in [3.8, 4) is 11.5 Å². The molecule has 0 unspecified atom stereocenters. The van der Waals surface area contributed by atoms with Crippen molar-refractivity contribution in [1.82, 2.24) is 15.6 Å². The molecule has 216 valence electrons. The van der Waals surface area contributed by atoms with Crippen molar-refractivity contribution in [2.45, 2.75) is 25.3 Å². The standard InChI is InChI=1S/C30H25Cl2N3O7/c31-22-8-3-9-23(32)25(22)27(37)35-24(30(40)41)15-17-10-12-18(13-11-17)28-34-19(16-42-28)5-4-14-33-26(36)20-6-1-2-7-21(20)29(38)39/h1-3,6-13,16,24H,4-5,14-15H2,(H,33,36)(H,35,37)(H,38,39)(H,40,41)/t24-/m0/s1. The average molecular weight is 610 g/mol. The maximum Gasteiger partial charge on any atom is 0.336 e. The lowest BCUT2D eigenvalue weighted by Gasteiger charge is -2.16. The normalized spacial score (nSPS) is 11.5. The lowest BCUT2D eigenvalue weighted by atomic mass is 10.0. The van der Waals surface area contributed by atoms with E-state index in [1.807, 2.05) is 0 Å². The number of aryl methyl sites for hydroxylation is 1. The number of hydrogen-bond donors (Lipinski definition) is 4. The van der Waals surface area contributed by atoms with Crippen molar-refractivity contribution in [2.24, 2.45) is 0 Å². The molecule has 2 amide bonds. The summed E-state index contributed by atoms with van der Waals surface area (Å²) >= 11 is 12.1. The van der Waals surface area contributed by atoms with Gasteiger partial charge in [-0.05, 0) is 54.8 Å². The van der Waals surface area contributed by atoms with Crippen LogP contribution in [0.2, 0.25) is 10.0 Å². The quantitative estimate of drug-likeness (QED) is 0.161. The number of hydrogen-bond acceptors (Lipinski definition) is 6. The number of aromatic carboxylic acids is 1. The molecule has 0 radical (unpaired) electrons. The fraction of sp³-hybridized carbons (Fsp3) is 0.167. The van der Waals surface area contributed by atoms with Crippen molar-refractivity contribution in [3.63, 3.8) is 0 Å². The number of aromatic nitrogens is 1. The van der Waals surface area contributed by atoms with Gasteiger partial charge in [0.2, 0.25) is 5.89 Å². The van der Waals surface area contributed by atoms with Gasteiger partial charge in [-0.15, -0.1) is 0 Å². The van der Waals surface area contributed by atoms with E-state index in [4.69, 9.17) is 27.6 Å². The lowest BCUT2D eigenvalue weighted by molar-refractivity contribution is -0.139. The number of halogens is 2. The van der Waals surface area contributed by atoms with Crippen molar-refractivity contribution in [3.05, 3.63) is 111 Å². The number of carboxylic acids is 2. The van der Waals surface area contributed by atoms with Gasteiger partial charge in [0.15, 0.2) is 0 Å².